The third-order valence-electron chi connectivity index (χ3n) is 4.67. The van der Waals surface area contributed by atoms with Gasteiger partial charge < -0.3 is 25.2 Å². The van der Waals surface area contributed by atoms with E-state index in [1.54, 1.807) is 35.6 Å². The molecule has 27 heavy (non-hydrogen) atoms. The Morgan fingerprint density at radius 3 is 2.70 bits per heavy atom. The first-order valence-corrected chi connectivity index (χ1v) is 9.13. The summed E-state index contributed by atoms with van der Waals surface area (Å²) >= 11 is 0. The van der Waals surface area contributed by atoms with Crippen LogP contribution < -0.4 is 10.6 Å². The minimum Gasteiger partial charge on any atom is -0.507 e. The van der Waals surface area contributed by atoms with Gasteiger partial charge in [-0.1, -0.05) is 12.1 Å². The number of urea groups is 1. The number of likely N-dealkylation sites (tertiary alicyclic amines) is 1. The maximum Gasteiger partial charge on any atom is 0.315 e. The van der Waals surface area contributed by atoms with Crippen LogP contribution in [0.5, 0.6) is 5.75 Å². The molecule has 3 amide bonds. The van der Waals surface area contributed by atoms with Crippen molar-refractivity contribution < 1.29 is 14.7 Å². The van der Waals surface area contributed by atoms with Crippen molar-refractivity contribution in [2.24, 2.45) is 0 Å². The number of hydrogen-bond donors (Lipinski definition) is 3. The van der Waals surface area contributed by atoms with Crippen molar-refractivity contribution in [3.05, 3.63) is 48.5 Å². The summed E-state index contributed by atoms with van der Waals surface area (Å²) in [6, 6.07) is 6.35. The number of nitrogens with one attached hydrogen (secondary N) is 2. The molecule has 1 aliphatic rings. The van der Waals surface area contributed by atoms with Crippen LogP contribution in [-0.4, -0.2) is 56.7 Å². The highest BCUT2D eigenvalue weighted by Crippen LogP contribution is 2.20. The number of hydrogen-bond acceptors (Lipinski definition) is 4. The van der Waals surface area contributed by atoms with Gasteiger partial charge in [-0.3, -0.25) is 4.79 Å². The fourth-order valence-corrected chi connectivity index (χ4v) is 3.26. The predicted octanol–water partition coefficient (Wildman–Crippen LogP) is 1.58. The highest BCUT2D eigenvalue weighted by molar-refractivity contribution is 5.96. The van der Waals surface area contributed by atoms with Gasteiger partial charge in [-0.05, 0) is 31.9 Å². The molecule has 0 radical (unpaired) electrons. The summed E-state index contributed by atoms with van der Waals surface area (Å²) < 4.78 is 1.91. The summed E-state index contributed by atoms with van der Waals surface area (Å²) in [4.78, 5) is 30.4. The second kappa shape index (κ2) is 8.57. The standard InChI is InChI=1S/C19H25N5O3/c1-14(12-23-11-8-20-13-23)21-19(27)22-15-6-9-24(10-7-15)18(26)16-4-2-3-5-17(16)25/h2-5,8,11,13-15,25H,6-7,9-10,12H2,1H3,(H2,21,22,27)/t14-/m0/s1. The molecule has 2 aromatic rings. The number of piperidine rings is 1. The summed E-state index contributed by atoms with van der Waals surface area (Å²) in [6.45, 7) is 3.68. The molecule has 2 heterocycles. The zero-order valence-electron chi connectivity index (χ0n) is 15.3. The quantitative estimate of drug-likeness (QED) is 0.743. The molecule has 0 bridgehead atoms. The number of aromatic hydroxyl groups is 1. The van der Waals surface area contributed by atoms with E-state index in [1.807, 2.05) is 17.7 Å². The van der Waals surface area contributed by atoms with E-state index < -0.39 is 0 Å². The molecule has 0 aliphatic carbocycles. The zero-order chi connectivity index (χ0) is 19.2. The van der Waals surface area contributed by atoms with Crippen molar-refractivity contribution in [2.75, 3.05) is 13.1 Å². The van der Waals surface area contributed by atoms with Crippen molar-refractivity contribution in [3.63, 3.8) is 0 Å². The van der Waals surface area contributed by atoms with Gasteiger partial charge in [0.25, 0.3) is 5.91 Å². The second-order valence-electron chi connectivity index (χ2n) is 6.86. The molecule has 1 fully saturated rings. The number of phenolic OH excluding ortho intramolecular Hbond substituents is 1. The molecular formula is C19H25N5O3. The minimum atomic E-state index is -0.201. The molecule has 1 aromatic carbocycles. The number of para-hydroxylation sites is 1. The van der Waals surface area contributed by atoms with Crippen molar-refractivity contribution in [1.29, 1.82) is 0 Å². The molecule has 1 atom stereocenters. The number of amides is 3. The SMILES string of the molecule is C[C@@H](Cn1ccnc1)NC(=O)NC1CCN(C(=O)c2ccccc2O)CC1. The number of aromatic nitrogens is 2. The molecule has 1 saturated heterocycles. The van der Waals surface area contributed by atoms with Crippen LogP contribution in [-0.2, 0) is 6.54 Å². The maximum absolute atomic E-state index is 12.5. The van der Waals surface area contributed by atoms with Crippen molar-refractivity contribution >= 4 is 11.9 Å². The molecule has 8 heteroatoms. The summed E-state index contributed by atoms with van der Waals surface area (Å²) in [5.41, 5.74) is 0.315. The van der Waals surface area contributed by atoms with Crippen LogP contribution in [0.4, 0.5) is 4.79 Å². The molecule has 0 spiro atoms. The van der Waals surface area contributed by atoms with Crippen LogP contribution in [0.15, 0.2) is 43.0 Å². The van der Waals surface area contributed by atoms with E-state index in [4.69, 9.17) is 0 Å². The number of phenols is 1. The molecule has 0 saturated carbocycles. The number of imidazole rings is 1. The lowest BCUT2D eigenvalue weighted by atomic mass is 10.0. The average molecular weight is 371 g/mol. The van der Waals surface area contributed by atoms with Gasteiger partial charge in [0.1, 0.15) is 5.75 Å². The molecule has 1 aromatic heterocycles. The number of carbonyl (C=O) groups is 2. The summed E-state index contributed by atoms with van der Waals surface area (Å²) in [6.07, 6.45) is 6.64. The Hall–Kier alpha value is -3.03. The van der Waals surface area contributed by atoms with E-state index in [1.165, 1.54) is 6.07 Å². The molecule has 3 rings (SSSR count). The number of rotatable bonds is 5. The summed E-state index contributed by atoms with van der Waals surface area (Å²) in [5, 5.41) is 15.7. The Kier molecular flexibility index (Phi) is 5.95. The van der Waals surface area contributed by atoms with E-state index in [9.17, 15) is 14.7 Å². The maximum atomic E-state index is 12.5. The van der Waals surface area contributed by atoms with E-state index >= 15 is 0 Å². The smallest absolute Gasteiger partial charge is 0.315 e. The zero-order valence-corrected chi connectivity index (χ0v) is 15.3. The minimum absolute atomic E-state index is 0.00555. The molecule has 1 aliphatic heterocycles. The Morgan fingerprint density at radius 2 is 2.04 bits per heavy atom. The van der Waals surface area contributed by atoms with Gasteiger partial charge in [-0.15, -0.1) is 0 Å². The largest absolute Gasteiger partial charge is 0.507 e. The van der Waals surface area contributed by atoms with Crippen LogP contribution >= 0.6 is 0 Å². The molecule has 144 valence electrons. The van der Waals surface area contributed by atoms with Gasteiger partial charge in [0.05, 0.1) is 11.9 Å². The summed E-state index contributed by atoms with van der Waals surface area (Å²) in [5.74, 6) is -0.182. The van der Waals surface area contributed by atoms with E-state index in [0.29, 0.717) is 38.0 Å². The van der Waals surface area contributed by atoms with Gasteiger partial charge in [-0.25, -0.2) is 9.78 Å². The summed E-state index contributed by atoms with van der Waals surface area (Å²) in [7, 11) is 0. The Balaban J connectivity index is 1.43. The molecule has 0 unspecified atom stereocenters. The van der Waals surface area contributed by atoms with Crippen molar-refractivity contribution in [2.45, 2.75) is 38.4 Å². The Bertz CT molecular complexity index is 769. The van der Waals surface area contributed by atoms with Gasteiger partial charge in [0, 0.05) is 44.1 Å². The monoisotopic (exact) mass is 371 g/mol. The van der Waals surface area contributed by atoms with Crippen LogP contribution in [0.1, 0.15) is 30.1 Å². The number of benzene rings is 1. The lowest BCUT2D eigenvalue weighted by Gasteiger charge is -2.32. The Morgan fingerprint density at radius 1 is 1.30 bits per heavy atom. The number of carbonyl (C=O) groups excluding carboxylic acids is 2. The first kappa shape index (κ1) is 18.8. The number of nitrogens with zero attached hydrogens (tertiary/aromatic N) is 3. The molecular weight excluding hydrogens is 346 g/mol. The first-order chi connectivity index (χ1) is 13.0. The van der Waals surface area contributed by atoms with Gasteiger partial charge in [0.15, 0.2) is 0 Å². The Labute approximate surface area is 158 Å². The molecule has 3 N–H and O–H groups in total. The second-order valence-corrected chi connectivity index (χ2v) is 6.86. The highest BCUT2D eigenvalue weighted by Gasteiger charge is 2.26. The van der Waals surface area contributed by atoms with E-state index in [0.717, 1.165) is 0 Å². The van der Waals surface area contributed by atoms with Crippen LogP contribution in [0.2, 0.25) is 0 Å². The third kappa shape index (κ3) is 4.99. The fraction of sp³-hybridized carbons (Fsp3) is 0.421. The predicted molar refractivity (Wildman–Crippen MR) is 100 cm³/mol. The normalized spacial score (nSPS) is 16.0. The van der Waals surface area contributed by atoms with E-state index in [-0.39, 0.29) is 29.8 Å². The third-order valence-corrected chi connectivity index (χ3v) is 4.67. The lowest BCUT2D eigenvalue weighted by Crippen LogP contribution is -2.51. The van der Waals surface area contributed by atoms with Gasteiger partial charge >= 0.3 is 6.03 Å². The van der Waals surface area contributed by atoms with Crippen molar-refractivity contribution in [1.82, 2.24) is 25.1 Å². The van der Waals surface area contributed by atoms with Crippen molar-refractivity contribution in [3.8, 4) is 5.75 Å². The average Bonchev–Trinajstić information content (AvgIpc) is 3.15. The first-order valence-electron chi connectivity index (χ1n) is 9.13. The van der Waals surface area contributed by atoms with Gasteiger partial charge in [0.2, 0.25) is 0 Å². The fourth-order valence-electron chi connectivity index (χ4n) is 3.26. The highest BCUT2D eigenvalue weighted by atomic mass is 16.3. The van der Waals surface area contributed by atoms with Crippen LogP contribution in [0, 0.1) is 0 Å². The topological polar surface area (TPSA) is 99.5 Å². The van der Waals surface area contributed by atoms with Crippen LogP contribution in [0.3, 0.4) is 0 Å². The van der Waals surface area contributed by atoms with E-state index in [2.05, 4.69) is 15.6 Å². The lowest BCUT2D eigenvalue weighted by molar-refractivity contribution is 0.0705. The molecule has 8 nitrogen and oxygen atoms in total. The van der Waals surface area contributed by atoms with Crippen LogP contribution in [0.25, 0.3) is 0 Å². The van der Waals surface area contributed by atoms with Gasteiger partial charge in [-0.2, -0.15) is 0 Å².